The summed E-state index contributed by atoms with van der Waals surface area (Å²) in [5.41, 5.74) is 5.05. The second-order valence-electron chi connectivity index (χ2n) is 11.4. The van der Waals surface area contributed by atoms with Gasteiger partial charge in [-0.1, -0.05) is 54.6 Å². The summed E-state index contributed by atoms with van der Waals surface area (Å²) in [6.07, 6.45) is -0.231. The number of hydrogen-bond acceptors (Lipinski definition) is 6. The molecule has 0 aliphatic carbocycles. The van der Waals surface area contributed by atoms with Crippen LogP contribution in [0.25, 0.3) is 22.3 Å². The van der Waals surface area contributed by atoms with Gasteiger partial charge in [0.05, 0.1) is 6.10 Å². The average Bonchev–Trinajstić information content (AvgIpc) is 3.39. The number of aromatic hydroxyl groups is 1. The number of halogens is 1. The number of amides is 2. The third kappa shape index (κ3) is 6.65. The predicted octanol–water partition coefficient (Wildman–Crippen LogP) is 6.12. The number of hydrogen-bond donors (Lipinski definition) is 6. The van der Waals surface area contributed by atoms with Crippen LogP contribution < -0.4 is 15.5 Å². The molecule has 1 fully saturated rings. The number of nitrogens with one attached hydrogen (secondary N) is 1. The van der Waals surface area contributed by atoms with Crippen molar-refractivity contribution in [1.29, 1.82) is 0 Å². The van der Waals surface area contributed by atoms with E-state index in [0.717, 1.165) is 11.1 Å². The molecule has 0 saturated carbocycles. The molecule has 6 rings (SSSR count). The van der Waals surface area contributed by atoms with Crippen LogP contribution in [0.2, 0.25) is 0 Å². The topological polar surface area (TPSA) is 133 Å². The fourth-order valence-corrected chi connectivity index (χ4v) is 6.58. The van der Waals surface area contributed by atoms with Crippen molar-refractivity contribution in [2.75, 3.05) is 4.90 Å². The summed E-state index contributed by atoms with van der Waals surface area (Å²) in [5.74, 6) is -0.443. The molecule has 10 heteroatoms. The Labute approximate surface area is 266 Å². The number of nitrogens with zero attached hydrogens (tertiary/aromatic N) is 1. The number of phenolic OH excluding ortho intramolecular Hbond substituents is 1. The summed E-state index contributed by atoms with van der Waals surface area (Å²) in [5, 5.41) is 25.3. The summed E-state index contributed by atoms with van der Waals surface area (Å²) in [4.78, 5) is 43.9. The molecule has 236 valence electrons. The van der Waals surface area contributed by atoms with Crippen molar-refractivity contribution < 1.29 is 34.1 Å². The van der Waals surface area contributed by atoms with E-state index >= 15 is 0 Å². The molecule has 46 heavy (non-hydrogen) atoms. The molecule has 5 aromatic rings. The van der Waals surface area contributed by atoms with E-state index in [-0.39, 0.29) is 23.5 Å². The molecule has 8 nitrogen and oxygen atoms in total. The van der Waals surface area contributed by atoms with Gasteiger partial charge < -0.3 is 5.11 Å². The Morgan fingerprint density at radius 2 is 1.35 bits per heavy atom. The van der Waals surface area contributed by atoms with E-state index in [1.54, 1.807) is 35.2 Å². The molecule has 1 saturated heterocycles. The first-order chi connectivity index (χ1) is 22.1. The Bertz CT molecular complexity index is 1810. The molecule has 0 aromatic heterocycles. The zero-order chi connectivity index (χ0) is 32.4. The van der Waals surface area contributed by atoms with Crippen LogP contribution in [0.15, 0.2) is 121 Å². The van der Waals surface area contributed by atoms with Gasteiger partial charge in [0, 0.05) is 0 Å². The van der Waals surface area contributed by atoms with Gasteiger partial charge in [0.15, 0.2) is 0 Å². The molecular formula is C36H34FN2O6P. The van der Waals surface area contributed by atoms with E-state index in [2.05, 4.69) is 5.32 Å². The van der Waals surface area contributed by atoms with Crippen molar-refractivity contribution in [2.45, 2.75) is 31.0 Å². The van der Waals surface area contributed by atoms with Crippen LogP contribution >= 0.6 is 7.94 Å². The number of phenols is 1. The minimum Gasteiger partial charge on any atom is -0.0622 e. The quantitative estimate of drug-likeness (QED) is 0.108. The molecule has 0 unspecified atom stereocenters. The first kappa shape index (κ1) is 31.4. The Hall–Kier alpha value is -4.63. The Balaban J connectivity index is 1.32. The van der Waals surface area contributed by atoms with E-state index in [1.807, 2.05) is 54.6 Å². The van der Waals surface area contributed by atoms with Gasteiger partial charge in [-0.3, -0.25) is 0 Å². The fraction of sp³-hybridized carbons (Fsp3) is 0.139. The Morgan fingerprint density at radius 1 is 0.761 bits per heavy atom. The van der Waals surface area contributed by atoms with Gasteiger partial charge in [0.1, 0.15) is 5.82 Å². The van der Waals surface area contributed by atoms with Crippen molar-refractivity contribution in [3.8, 4) is 28.0 Å². The van der Waals surface area contributed by atoms with Crippen LogP contribution in [0.1, 0.15) is 36.1 Å². The molecule has 1 aliphatic heterocycles. The number of urea groups is 1. The van der Waals surface area contributed by atoms with Gasteiger partial charge in [-0.05, 0) is 28.8 Å². The molecule has 3 atom stereocenters. The molecule has 2 amide bonds. The first-order valence-electron chi connectivity index (χ1n) is 14.9. The second kappa shape index (κ2) is 13.0. The van der Waals surface area contributed by atoms with Gasteiger partial charge in [0.2, 0.25) is 0 Å². The van der Waals surface area contributed by atoms with Gasteiger partial charge in [-0.2, -0.15) is 0 Å². The Morgan fingerprint density at radius 3 is 1.98 bits per heavy atom. The minimum absolute atomic E-state index is 0.0345. The number of anilines is 1. The van der Waals surface area contributed by atoms with Crippen molar-refractivity contribution in [3.05, 3.63) is 138 Å². The summed E-state index contributed by atoms with van der Waals surface area (Å²) in [6.45, 7) is 0. The molecule has 0 spiro atoms. The first-order valence-corrected chi connectivity index (χ1v) is 16.7. The minimum atomic E-state index is -4.44. The standard InChI is InChI=1S/C36H34FN2O6P/c37-28-13-6-26(7-14-28)33(40)21-20-32-35(31-19-12-27(22-34(31)41)25-10-17-30(18-11-25)46(43,44)45)39(36(42)38-32)29-15-8-24(9-16-29)23-4-2-1-3-5-23/h1-19,22,32-33,35,40-41,43-46H,20-21H2,(H,38,42)/t32-,33-,35+/m0/s1. The van der Waals surface area contributed by atoms with Gasteiger partial charge in [-0.25, -0.2) is 4.39 Å². The van der Waals surface area contributed by atoms with E-state index in [9.17, 15) is 34.1 Å². The third-order valence-corrected chi connectivity index (χ3v) is 9.51. The number of carbonyl (C=O) groups excluding carboxylic acids is 1. The summed E-state index contributed by atoms with van der Waals surface area (Å²) in [7, 11) is -4.44. The second-order valence-corrected chi connectivity index (χ2v) is 13.3. The fourth-order valence-electron chi connectivity index (χ4n) is 5.97. The van der Waals surface area contributed by atoms with E-state index in [1.165, 1.54) is 36.4 Å². The normalized spacial score (nSPS) is 17.5. The van der Waals surface area contributed by atoms with E-state index in [4.69, 9.17) is 0 Å². The predicted molar refractivity (Wildman–Crippen MR) is 178 cm³/mol. The van der Waals surface area contributed by atoms with Crippen molar-refractivity contribution >= 4 is 25.0 Å². The summed E-state index contributed by atoms with van der Waals surface area (Å²) >= 11 is 0. The summed E-state index contributed by atoms with van der Waals surface area (Å²) in [6, 6.07) is 32.9. The van der Waals surface area contributed by atoms with E-state index in [0.29, 0.717) is 34.4 Å². The van der Waals surface area contributed by atoms with E-state index < -0.39 is 31.9 Å². The molecular weight excluding hydrogens is 606 g/mol. The number of benzene rings is 5. The number of aliphatic hydroxyl groups is 1. The summed E-state index contributed by atoms with van der Waals surface area (Å²) < 4.78 is 13.4. The molecule has 5 aromatic carbocycles. The maximum atomic E-state index is 13.6. The number of rotatable bonds is 9. The van der Waals surface area contributed by atoms with Gasteiger partial charge in [-0.15, -0.1) is 0 Å². The molecule has 6 N–H and O–H groups in total. The van der Waals surface area contributed by atoms with Crippen LogP contribution in [-0.4, -0.2) is 37.0 Å². The van der Waals surface area contributed by atoms with Crippen LogP contribution in [0, 0.1) is 5.82 Å². The van der Waals surface area contributed by atoms with Crippen LogP contribution in [0.3, 0.4) is 0 Å². The smallest absolute Gasteiger partial charge is 0.0622 e. The van der Waals surface area contributed by atoms with Gasteiger partial charge >= 0.3 is 162 Å². The van der Waals surface area contributed by atoms with Crippen LogP contribution in [0.5, 0.6) is 5.75 Å². The monoisotopic (exact) mass is 640 g/mol. The number of aliphatic hydroxyl groups excluding tert-OH is 1. The van der Waals surface area contributed by atoms with Crippen LogP contribution in [0.4, 0.5) is 14.9 Å². The third-order valence-electron chi connectivity index (χ3n) is 8.40. The molecule has 0 bridgehead atoms. The van der Waals surface area contributed by atoms with Gasteiger partial charge in [0.25, 0.3) is 0 Å². The molecule has 1 heterocycles. The zero-order valence-electron chi connectivity index (χ0n) is 24.7. The Kier molecular flexibility index (Phi) is 8.86. The van der Waals surface area contributed by atoms with Crippen molar-refractivity contribution in [3.63, 3.8) is 0 Å². The van der Waals surface area contributed by atoms with Crippen molar-refractivity contribution in [2.24, 2.45) is 0 Å². The molecule has 1 aliphatic rings. The average molecular weight is 641 g/mol. The molecule has 0 radical (unpaired) electrons. The SMILES string of the molecule is O=C1N[C@@H](CC[C@H](O)c2ccc(F)cc2)[C@@H](c2ccc(-c3ccc([PH](O)(O)O)cc3)cc2O)N1c1ccc(-c2ccccc2)cc1. The number of carbonyl (C=O) groups is 1. The van der Waals surface area contributed by atoms with Crippen molar-refractivity contribution in [1.82, 2.24) is 5.32 Å². The van der Waals surface area contributed by atoms with Crippen LogP contribution in [-0.2, 0) is 0 Å². The zero-order valence-corrected chi connectivity index (χ0v) is 25.7. The maximum absolute atomic E-state index is 13.6.